The van der Waals surface area contributed by atoms with Gasteiger partial charge in [0.2, 0.25) is 0 Å². The van der Waals surface area contributed by atoms with Gasteiger partial charge in [0.1, 0.15) is 0 Å². The molecule has 4 heteroatoms. The smallest absolute Gasteiger partial charge is 0.153 e. The number of carbonyl (C=O) groups is 1. The minimum atomic E-state index is 0.414. The van der Waals surface area contributed by atoms with E-state index in [1.807, 2.05) is 18.2 Å². The second-order valence-corrected chi connectivity index (χ2v) is 4.01. The number of aromatic nitrogens is 1. The van der Waals surface area contributed by atoms with Crippen LogP contribution in [0.15, 0.2) is 28.9 Å². The standard InChI is InChI=1S/C10H5BrClNO/c11-8-3-1-2-7-9(12)6(5-14)4-13-10(7)8/h1-5H. The van der Waals surface area contributed by atoms with Gasteiger partial charge in [0.25, 0.3) is 0 Å². The Balaban J connectivity index is 2.90. The summed E-state index contributed by atoms with van der Waals surface area (Å²) in [6, 6.07) is 5.57. The highest BCUT2D eigenvalue weighted by Crippen LogP contribution is 2.29. The molecule has 1 heterocycles. The number of halogens is 2. The van der Waals surface area contributed by atoms with Gasteiger partial charge in [-0.3, -0.25) is 9.78 Å². The first-order chi connectivity index (χ1) is 6.74. The van der Waals surface area contributed by atoms with Crippen LogP contribution in [0.25, 0.3) is 10.9 Å². The Labute approximate surface area is 94.0 Å². The summed E-state index contributed by atoms with van der Waals surface area (Å²) in [4.78, 5) is 14.8. The molecule has 0 bridgehead atoms. The van der Waals surface area contributed by atoms with Crippen LogP contribution in [-0.2, 0) is 0 Å². The molecule has 14 heavy (non-hydrogen) atoms. The largest absolute Gasteiger partial charge is 0.298 e. The molecule has 0 unspecified atom stereocenters. The first-order valence-electron chi connectivity index (χ1n) is 3.92. The fourth-order valence-electron chi connectivity index (χ4n) is 1.25. The van der Waals surface area contributed by atoms with Crippen molar-refractivity contribution in [1.82, 2.24) is 4.98 Å². The molecule has 1 aromatic carbocycles. The van der Waals surface area contributed by atoms with E-state index in [4.69, 9.17) is 11.6 Å². The van der Waals surface area contributed by atoms with Crippen molar-refractivity contribution in [2.45, 2.75) is 0 Å². The number of hydrogen-bond acceptors (Lipinski definition) is 2. The Hall–Kier alpha value is -0.930. The summed E-state index contributed by atoms with van der Waals surface area (Å²) >= 11 is 9.39. The van der Waals surface area contributed by atoms with Crippen molar-refractivity contribution in [3.63, 3.8) is 0 Å². The second kappa shape index (κ2) is 3.67. The van der Waals surface area contributed by atoms with E-state index in [-0.39, 0.29) is 0 Å². The Bertz CT molecular complexity index is 513. The van der Waals surface area contributed by atoms with Crippen LogP contribution in [0.2, 0.25) is 5.02 Å². The summed E-state index contributed by atoms with van der Waals surface area (Å²) in [7, 11) is 0. The maximum Gasteiger partial charge on any atom is 0.153 e. The molecular formula is C10H5BrClNO. The molecule has 0 radical (unpaired) electrons. The predicted octanol–water partition coefficient (Wildman–Crippen LogP) is 3.46. The molecule has 0 atom stereocenters. The van der Waals surface area contributed by atoms with Crippen molar-refractivity contribution < 1.29 is 4.79 Å². The number of aldehydes is 1. The molecule has 0 aliphatic rings. The zero-order valence-corrected chi connectivity index (χ0v) is 9.34. The van der Waals surface area contributed by atoms with E-state index in [9.17, 15) is 4.79 Å². The molecule has 0 saturated carbocycles. The highest BCUT2D eigenvalue weighted by Gasteiger charge is 2.07. The third kappa shape index (κ3) is 1.42. The number of pyridine rings is 1. The van der Waals surface area contributed by atoms with Crippen molar-refractivity contribution in [3.8, 4) is 0 Å². The monoisotopic (exact) mass is 269 g/mol. The van der Waals surface area contributed by atoms with Crippen LogP contribution < -0.4 is 0 Å². The highest BCUT2D eigenvalue weighted by molar-refractivity contribution is 9.10. The zero-order chi connectivity index (χ0) is 10.1. The number of benzene rings is 1. The van der Waals surface area contributed by atoms with Gasteiger partial charge in [0.15, 0.2) is 6.29 Å². The Morgan fingerprint density at radius 1 is 1.43 bits per heavy atom. The molecule has 0 aliphatic carbocycles. The van der Waals surface area contributed by atoms with E-state index in [2.05, 4.69) is 20.9 Å². The van der Waals surface area contributed by atoms with Gasteiger partial charge in [-0.2, -0.15) is 0 Å². The molecule has 0 N–H and O–H groups in total. The van der Waals surface area contributed by atoms with Crippen LogP contribution in [0.3, 0.4) is 0 Å². The molecule has 0 amide bonds. The van der Waals surface area contributed by atoms with E-state index in [0.717, 1.165) is 15.4 Å². The van der Waals surface area contributed by atoms with Gasteiger partial charge >= 0.3 is 0 Å². The molecule has 1 aromatic heterocycles. The van der Waals surface area contributed by atoms with Crippen LogP contribution in [-0.4, -0.2) is 11.3 Å². The quantitative estimate of drug-likeness (QED) is 0.743. The van der Waals surface area contributed by atoms with Gasteiger partial charge in [0.05, 0.1) is 16.1 Å². The SMILES string of the molecule is O=Cc1cnc2c(Br)cccc2c1Cl. The lowest BCUT2D eigenvalue weighted by atomic mass is 10.2. The number of rotatable bonds is 1. The first kappa shape index (κ1) is 9.62. The summed E-state index contributed by atoms with van der Waals surface area (Å²) in [5, 5.41) is 1.23. The molecule has 2 aromatic rings. The van der Waals surface area contributed by atoms with Gasteiger partial charge in [-0.05, 0) is 22.0 Å². The number of hydrogen-bond donors (Lipinski definition) is 0. The fourth-order valence-corrected chi connectivity index (χ4v) is 1.97. The molecule has 70 valence electrons. The molecular weight excluding hydrogens is 265 g/mol. The topological polar surface area (TPSA) is 30.0 Å². The molecule has 0 spiro atoms. The van der Waals surface area contributed by atoms with Crippen molar-refractivity contribution in [3.05, 3.63) is 39.5 Å². The summed E-state index contributed by atoms with van der Waals surface area (Å²) in [6.07, 6.45) is 2.18. The zero-order valence-electron chi connectivity index (χ0n) is 7.00. The number of para-hydroxylation sites is 1. The van der Waals surface area contributed by atoms with Crippen LogP contribution >= 0.6 is 27.5 Å². The Kier molecular flexibility index (Phi) is 2.52. The summed E-state index contributed by atoms with van der Waals surface area (Å²) in [5.74, 6) is 0. The van der Waals surface area contributed by atoms with E-state index in [1.54, 1.807) is 0 Å². The molecule has 2 nitrogen and oxygen atoms in total. The second-order valence-electron chi connectivity index (χ2n) is 2.78. The maximum atomic E-state index is 10.6. The lowest BCUT2D eigenvalue weighted by Crippen LogP contribution is -1.88. The van der Waals surface area contributed by atoms with Gasteiger partial charge in [0, 0.05) is 16.1 Å². The number of nitrogens with zero attached hydrogens (tertiary/aromatic N) is 1. The van der Waals surface area contributed by atoms with Gasteiger partial charge in [-0.1, -0.05) is 23.7 Å². The van der Waals surface area contributed by atoms with E-state index < -0.39 is 0 Å². The van der Waals surface area contributed by atoms with Crippen molar-refractivity contribution in [2.24, 2.45) is 0 Å². The molecule has 0 fully saturated rings. The lowest BCUT2D eigenvalue weighted by molar-refractivity contribution is 0.112. The van der Waals surface area contributed by atoms with Crippen molar-refractivity contribution in [2.75, 3.05) is 0 Å². The third-order valence-electron chi connectivity index (χ3n) is 1.94. The van der Waals surface area contributed by atoms with E-state index in [1.165, 1.54) is 6.20 Å². The third-order valence-corrected chi connectivity index (χ3v) is 3.00. The average molecular weight is 271 g/mol. The van der Waals surface area contributed by atoms with Gasteiger partial charge in [-0.25, -0.2) is 0 Å². The van der Waals surface area contributed by atoms with Crippen LogP contribution in [0.4, 0.5) is 0 Å². The van der Waals surface area contributed by atoms with Gasteiger partial charge < -0.3 is 0 Å². The maximum absolute atomic E-state index is 10.6. The normalized spacial score (nSPS) is 10.4. The van der Waals surface area contributed by atoms with Gasteiger partial charge in [-0.15, -0.1) is 0 Å². The lowest BCUT2D eigenvalue weighted by Gasteiger charge is -2.03. The minimum Gasteiger partial charge on any atom is -0.298 e. The summed E-state index contributed by atoms with van der Waals surface area (Å²) in [5.41, 5.74) is 1.18. The summed E-state index contributed by atoms with van der Waals surface area (Å²) < 4.78 is 0.870. The van der Waals surface area contributed by atoms with Crippen molar-refractivity contribution in [1.29, 1.82) is 0 Å². The van der Waals surface area contributed by atoms with Crippen LogP contribution in [0, 0.1) is 0 Å². The molecule has 2 rings (SSSR count). The average Bonchev–Trinajstić information content (AvgIpc) is 2.20. The Morgan fingerprint density at radius 3 is 2.93 bits per heavy atom. The highest BCUT2D eigenvalue weighted by atomic mass is 79.9. The predicted molar refractivity (Wildman–Crippen MR) is 59.8 cm³/mol. The Morgan fingerprint density at radius 2 is 2.21 bits per heavy atom. The number of carbonyl (C=O) groups excluding carboxylic acids is 1. The van der Waals surface area contributed by atoms with Crippen molar-refractivity contribution >= 4 is 44.7 Å². The molecule has 0 aliphatic heterocycles. The minimum absolute atomic E-state index is 0.414. The van der Waals surface area contributed by atoms with E-state index >= 15 is 0 Å². The first-order valence-corrected chi connectivity index (χ1v) is 5.09. The van der Waals surface area contributed by atoms with Crippen LogP contribution in [0.5, 0.6) is 0 Å². The summed E-state index contributed by atoms with van der Waals surface area (Å²) in [6.45, 7) is 0. The fraction of sp³-hybridized carbons (Fsp3) is 0. The van der Waals surface area contributed by atoms with Crippen LogP contribution in [0.1, 0.15) is 10.4 Å². The number of fused-ring (bicyclic) bond motifs is 1. The van der Waals surface area contributed by atoms with E-state index in [0.29, 0.717) is 16.9 Å². The molecule has 0 saturated heterocycles.